The summed E-state index contributed by atoms with van der Waals surface area (Å²) in [5.74, 6) is -0.945. The summed E-state index contributed by atoms with van der Waals surface area (Å²) in [7, 11) is 1.30. The van der Waals surface area contributed by atoms with E-state index in [1.807, 2.05) is 13.8 Å². The van der Waals surface area contributed by atoms with E-state index in [0.29, 0.717) is 32.7 Å². The molecule has 26 heavy (non-hydrogen) atoms. The highest BCUT2D eigenvalue weighted by Crippen LogP contribution is 2.31. The van der Waals surface area contributed by atoms with E-state index < -0.39 is 36.4 Å². The molecule has 0 aromatic heterocycles. The number of ether oxygens (including phenoxy) is 4. The quantitative estimate of drug-likeness (QED) is 0.596. The third-order valence-corrected chi connectivity index (χ3v) is 4.85. The third kappa shape index (κ3) is 3.70. The van der Waals surface area contributed by atoms with E-state index in [0.717, 1.165) is 0 Å². The molecule has 3 aliphatic rings. The van der Waals surface area contributed by atoms with E-state index in [9.17, 15) is 14.4 Å². The van der Waals surface area contributed by atoms with Crippen LogP contribution in [0.5, 0.6) is 0 Å². The average molecular weight is 370 g/mol. The van der Waals surface area contributed by atoms with Gasteiger partial charge in [-0.3, -0.25) is 9.59 Å². The normalized spacial score (nSPS) is 29.8. The van der Waals surface area contributed by atoms with Crippen molar-refractivity contribution in [3.05, 3.63) is 0 Å². The van der Waals surface area contributed by atoms with Gasteiger partial charge in [-0.1, -0.05) is 13.8 Å². The number of amides is 2. The number of esters is 1. The molecule has 4 atom stereocenters. The molecule has 9 nitrogen and oxygen atoms in total. The van der Waals surface area contributed by atoms with E-state index in [2.05, 4.69) is 0 Å². The smallest absolute Gasteiger partial charge is 0.328 e. The molecule has 3 aliphatic heterocycles. The predicted octanol–water partition coefficient (Wildman–Crippen LogP) is -0.615. The number of methoxy groups -OCH3 is 1. The topological polar surface area (TPSA) is 94.6 Å². The van der Waals surface area contributed by atoms with Crippen LogP contribution in [0.2, 0.25) is 0 Å². The van der Waals surface area contributed by atoms with Crippen LogP contribution in [-0.4, -0.2) is 92.1 Å². The summed E-state index contributed by atoms with van der Waals surface area (Å²) >= 11 is 0. The summed E-state index contributed by atoms with van der Waals surface area (Å²) in [6.07, 6.45) is -2.25. The molecule has 0 aromatic rings. The average Bonchev–Trinajstić information content (AvgIpc) is 3.01. The fraction of sp³-hybridized carbons (Fsp3) is 0.824. The summed E-state index contributed by atoms with van der Waals surface area (Å²) < 4.78 is 21.4. The van der Waals surface area contributed by atoms with Crippen LogP contribution in [0.1, 0.15) is 20.3 Å². The van der Waals surface area contributed by atoms with Crippen LogP contribution < -0.4 is 0 Å². The molecule has 0 aliphatic carbocycles. The Labute approximate surface area is 152 Å². The van der Waals surface area contributed by atoms with Gasteiger partial charge in [-0.05, 0) is 12.3 Å². The van der Waals surface area contributed by atoms with Crippen LogP contribution in [0.15, 0.2) is 0 Å². The second kappa shape index (κ2) is 7.89. The van der Waals surface area contributed by atoms with Gasteiger partial charge in [0, 0.05) is 13.1 Å². The molecule has 3 heterocycles. The van der Waals surface area contributed by atoms with Crippen LogP contribution in [0.4, 0.5) is 0 Å². The molecule has 2 bridgehead atoms. The summed E-state index contributed by atoms with van der Waals surface area (Å²) in [6.45, 7) is 5.90. The Morgan fingerprint density at radius 2 is 1.92 bits per heavy atom. The summed E-state index contributed by atoms with van der Waals surface area (Å²) in [6, 6.07) is -0.706. The molecule has 3 saturated heterocycles. The van der Waals surface area contributed by atoms with Crippen molar-refractivity contribution in [2.24, 2.45) is 5.92 Å². The molecule has 0 unspecified atom stereocenters. The number of hydrogen-bond donors (Lipinski definition) is 0. The van der Waals surface area contributed by atoms with Gasteiger partial charge in [0.05, 0.1) is 26.9 Å². The molecule has 2 amide bonds. The first-order valence-corrected chi connectivity index (χ1v) is 8.98. The summed E-state index contributed by atoms with van der Waals surface area (Å²) in [4.78, 5) is 40.9. The molecule has 0 saturated carbocycles. The molecule has 146 valence electrons. The van der Waals surface area contributed by atoms with Gasteiger partial charge in [-0.2, -0.15) is 0 Å². The van der Waals surface area contributed by atoms with E-state index in [1.54, 1.807) is 4.90 Å². The molecular weight excluding hydrogens is 344 g/mol. The van der Waals surface area contributed by atoms with Gasteiger partial charge < -0.3 is 28.7 Å². The largest absolute Gasteiger partial charge is 0.467 e. The summed E-state index contributed by atoms with van der Waals surface area (Å²) in [5, 5.41) is 0. The monoisotopic (exact) mass is 370 g/mol. The highest BCUT2D eigenvalue weighted by Gasteiger charge is 2.54. The number of carbonyl (C=O) groups is 3. The van der Waals surface area contributed by atoms with Crippen molar-refractivity contribution >= 4 is 17.8 Å². The maximum absolute atomic E-state index is 12.9. The third-order valence-electron chi connectivity index (χ3n) is 4.85. The van der Waals surface area contributed by atoms with E-state index in [1.165, 1.54) is 12.0 Å². The Balaban J connectivity index is 1.75. The highest BCUT2D eigenvalue weighted by molar-refractivity contribution is 5.94. The number of hydrogen-bond acceptors (Lipinski definition) is 7. The number of fused-ring (bicyclic) bond motifs is 2. The van der Waals surface area contributed by atoms with Crippen molar-refractivity contribution in [3.8, 4) is 0 Å². The van der Waals surface area contributed by atoms with Crippen LogP contribution in [-0.2, 0) is 33.3 Å². The highest BCUT2D eigenvalue weighted by atomic mass is 16.7. The predicted molar refractivity (Wildman–Crippen MR) is 87.9 cm³/mol. The van der Waals surface area contributed by atoms with Crippen LogP contribution >= 0.6 is 0 Å². The SMILES string of the molecule is COC(=O)[C@H](CC(C)C)N1C[C@H]2O[C@H](C(=O)N3CCOCC3)[C@@H](O2)C1=O. The Hall–Kier alpha value is -1.71. The Morgan fingerprint density at radius 3 is 2.54 bits per heavy atom. The zero-order chi connectivity index (χ0) is 18.8. The summed E-state index contributed by atoms with van der Waals surface area (Å²) in [5.41, 5.74) is 0. The second-order valence-electron chi connectivity index (χ2n) is 7.14. The van der Waals surface area contributed by atoms with Crippen molar-refractivity contribution in [1.82, 2.24) is 9.80 Å². The van der Waals surface area contributed by atoms with Crippen molar-refractivity contribution in [2.75, 3.05) is 40.0 Å². The molecular formula is C17H26N2O7. The Kier molecular flexibility index (Phi) is 5.79. The molecule has 3 rings (SSSR count). The fourth-order valence-electron chi connectivity index (χ4n) is 3.56. The Morgan fingerprint density at radius 1 is 1.23 bits per heavy atom. The van der Waals surface area contributed by atoms with Crippen molar-refractivity contribution in [2.45, 2.75) is 44.8 Å². The van der Waals surface area contributed by atoms with E-state index in [4.69, 9.17) is 18.9 Å². The number of rotatable bonds is 5. The lowest BCUT2D eigenvalue weighted by atomic mass is 10.0. The minimum absolute atomic E-state index is 0.106. The lowest BCUT2D eigenvalue weighted by Crippen LogP contribution is -2.57. The molecule has 9 heteroatoms. The first-order valence-electron chi connectivity index (χ1n) is 8.98. The number of carbonyl (C=O) groups excluding carboxylic acids is 3. The van der Waals surface area contributed by atoms with Crippen LogP contribution in [0.3, 0.4) is 0 Å². The van der Waals surface area contributed by atoms with Gasteiger partial charge in [0.1, 0.15) is 6.04 Å². The van der Waals surface area contributed by atoms with E-state index in [-0.39, 0.29) is 18.4 Å². The lowest BCUT2D eigenvalue weighted by molar-refractivity contribution is -0.174. The van der Waals surface area contributed by atoms with Gasteiger partial charge in [0.25, 0.3) is 11.8 Å². The van der Waals surface area contributed by atoms with Gasteiger partial charge in [-0.25, -0.2) is 4.79 Å². The lowest BCUT2D eigenvalue weighted by Gasteiger charge is -2.36. The van der Waals surface area contributed by atoms with Gasteiger partial charge in [0.15, 0.2) is 18.5 Å². The Bertz CT molecular complexity index is 561. The molecule has 0 radical (unpaired) electrons. The standard InChI is InChI=1S/C17H26N2O7/c1-10(2)8-11(17(22)23-3)19-9-12-25-13(14(26-12)16(19)21)15(20)18-4-6-24-7-5-18/h10-14H,4-9H2,1-3H3/t11-,12-,13-,14+/m0/s1. The number of nitrogens with zero attached hydrogens (tertiary/aromatic N) is 2. The zero-order valence-corrected chi connectivity index (χ0v) is 15.4. The first kappa shape index (κ1) is 19.1. The van der Waals surface area contributed by atoms with Crippen molar-refractivity contribution < 1.29 is 33.3 Å². The van der Waals surface area contributed by atoms with Crippen LogP contribution in [0.25, 0.3) is 0 Å². The minimum atomic E-state index is -1.02. The van der Waals surface area contributed by atoms with Crippen LogP contribution in [0, 0.1) is 5.92 Å². The number of morpholine rings is 2. The van der Waals surface area contributed by atoms with Gasteiger partial charge in [0.2, 0.25) is 0 Å². The maximum Gasteiger partial charge on any atom is 0.328 e. The first-order chi connectivity index (χ1) is 12.4. The molecule has 0 spiro atoms. The zero-order valence-electron chi connectivity index (χ0n) is 15.4. The fourth-order valence-corrected chi connectivity index (χ4v) is 3.56. The van der Waals surface area contributed by atoms with E-state index >= 15 is 0 Å². The maximum atomic E-state index is 12.9. The second-order valence-corrected chi connectivity index (χ2v) is 7.14. The van der Waals surface area contributed by atoms with Crippen molar-refractivity contribution in [1.29, 1.82) is 0 Å². The minimum Gasteiger partial charge on any atom is -0.467 e. The molecule has 3 fully saturated rings. The molecule has 0 N–H and O–H groups in total. The van der Waals surface area contributed by atoms with Gasteiger partial charge >= 0.3 is 5.97 Å². The van der Waals surface area contributed by atoms with Gasteiger partial charge in [-0.15, -0.1) is 0 Å². The van der Waals surface area contributed by atoms with Crippen molar-refractivity contribution in [3.63, 3.8) is 0 Å². The molecule has 0 aromatic carbocycles.